The zero-order valence-corrected chi connectivity index (χ0v) is 12.5. The van der Waals surface area contributed by atoms with Crippen molar-refractivity contribution in [2.75, 3.05) is 11.1 Å². The monoisotopic (exact) mass is 319 g/mol. The zero-order chi connectivity index (χ0) is 16.5. The zero-order valence-electron chi connectivity index (χ0n) is 12.5. The van der Waals surface area contributed by atoms with Gasteiger partial charge in [0.1, 0.15) is 5.75 Å². The number of carbonyl (C=O) groups excluding carboxylic acids is 1. The van der Waals surface area contributed by atoms with Gasteiger partial charge in [-0.05, 0) is 24.3 Å². The Balaban J connectivity index is 1.66. The maximum absolute atomic E-state index is 12.5. The smallest absolute Gasteiger partial charge is 0.232 e. The fourth-order valence-electron chi connectivity index (χ4n) is 2.50. The molecule has 0 saturated carbocycles. The van der Waals surface area contributed by atoms with E-state index in [-0.39, 0.29) is 23.5 Å². The molecule has 2 heterocycles. The highest BCUT2D eigenvalue weighted by molar-refractivity contribution is 6.04. The summed E-state index contributed by atoms with van der Waals surface area (Å²) in [5, 5.41) is 3.04. The molecule has 1 atom stereocenters. The van der Waals surface area contributed by atoms with Crippen LogP contribution in [0.3, 0.4) is 0 Å². The molecule has 0 saturated heterocycles. The fraction of sp³-hybridized carbons (Fsp3) is 0.0588. The van der Waals surface area contributed by atoms with E-state index in [1.54, 1.807) is 24.3 Å². The fourth-order valence-corrected chi connectivity index (χ4v) is 2.50. The van der Waals surface area contributed by atoms with Crippen LogP contribution in [0.4, 0.5) is 17.6 Å². The SMILES string of the molecule is Nc1nc(Nc2ccccc2)nc([C@H]2Oc3ccccc3C2=O)n1. The third-order valence-corrected chi connectivity index (χ3v) is 3.57. The van der Waals surface area contributed by atoms with Gasteiger partial charge in [0.15, 0.2) is 5.82 Å². The van der Waals surface area contributed by atoms with Crippen LogP contribution in [0.25, 0.3) is 0 Å². The van der Waals surface area contributed by atoms with Gasteiger partial charge in [-0.2, -0.15) is 15.0 Å². The molecular weight excluding hydrogens is 306 g/mol. The van der Waals surface area contributed by atoms with Crippen molar-refractivity contribution in [1.82, 2.24) is 15.0 Å². The van der Waals surface area contributed by atoms with Crippen LogP contribution < -0.4 is 15.8 Å². The van der Waals surface area contributed by atoms with Gasteiger partial charge in [-0.25, -0.2) is 0 Å². The molecule has 4 rings (SSSR count). The molecule has 7 nitrogen and oxygen atoms in total. The van der Waals surface area contributed by atoms with Crippen molar-refractivity contribution in [3.8, 4) is 5.75 Å². The largest absolute Gasteiger partial charge is 0.473 e. The Hall–Kier alpha value is -3.48. The Morgan fingerprint density at radius 2 is 1.71 bits per heavy atom. The summed E-state index contributed by atoms with van der Waals surface area (Å²) < 4.78 is 5.68. The molecule has 24 heavy (non-hydrogen) atoms. The summed E-state index contributed by atoms with van der Waals surface area (Å²) in [5.74, 6) is 0.787. The lowest BCUT2D eigenvalue weighted by atomic mass is 10.1. The van der Waals surface area contributed by atoms with Crippen molar-refractivity contribution in [1.29, 1.82) is 0 Å². The minimum Gasteiger partial charge on any atom is -0.473 e. The molecule has 0 unspecified atom stereocenters. The number of benzene rings is 2. The lowest BCUT2D eigenvalue weighted by Gasteiger charge is -2.11. The van der Waals surface area contributed by atoms with Crippen LogP contribution in [0, 0.1) is 0 Å². The van der Waals surface area contributed by atoms with Crippen LogP contribution in [0.5, 0.6) is 5.75 Å². The van der Waals surface area contributed by atoms with Crippen molar-refractivity contribution >= 4 is 23.4 Å². The molecule has 0 spiro atoms. The number of para-hydroxylation sites is 2. The number of ketones is 1. The van der Waals surface area contributed by atoms with Gasteiger partial charge in [-0.15, -0.1) is 0 Å². The number of carbonyl (C=O) groups is 1. The van der Waals surface area contributed by atoms with Gasteiger partial charge in [0.05, 0.1) is 5.56 Å². The van der Waals surface area contributed by atoms with Crippen molar-refractivity contribution in [3.05, 3.63) is 66.0 Å². The maximum atomic E-state index is 12.5. The Morgan fingerprint density at radius 1 is 0.958 bits per heavy atom. The second kappa shape index (κ2) is 5.62. The third kappa shape index (κ3) is 2.52. The van der Waals surface area contributed by atoms with Crippen molar-refractivity contribution in [2.24, 2.45) is 0 Å². The average molecular weight is 319 g/mol. The normalized spacial score (nSPS) is 15.7. The molecule has 1 aromatic heterocycles. The molecule has 0 aliphatic carbocycles. The third-order valence-electron chi connectivity index (χ3n) is 3.57. The lowest BCUT2D eigenvalue weighted by Crippen LogP contribution is -2.17. The van der Waals surface area contributed by atoms with E-state index in [9.17, 15) is 4.79 Å². The first-order chi connectivity index (χ1) is 11.7. The highest BCUT2D eigenvalue weighted by Gasteiger charge is 2.36. The summed E-state index contributed by atoms with van der Waals surface area (Å²) in [6, 6.07) is 16.4. The number of nitrogens with two attached hydrogens (primary N) is 1. The Morgan fingerprint density at radius 3 is 2.50 bits per heavy atom. The highest BCUT2D eigenvalue weighted by atomic mass is 16.5. The number of nitrogen functional groups attached to an aromatic ring is 1. The second-order valence-electron chi connectivity index (χ2n) is 5.22. The first-order valence-corrected chi connectivity index (χ1v) is 7.34. The van der Waals surface area contributed by atoms with E-state index in [0.717, 1.165) is 5.69 Å². The quantitative estimate of drug-likeness (QED) is 0.764. The van der Waals surface area contributed by atoms with Gasteiger partial charge in [0.2, 0.25) is 23.8 Å². The van der Waals surface area contributed by atoms with E-state index < -0.39 is 6.10 Å². The number of nitrogens with one attached hydrogen (secondary N) is 1. The average Bonchev–Trinajstić information content (AvgIpc) is 2.93. The molecule has 7 heteroatoms. The number of Topliss-reactive ketones (excluding diaryl/α,β-unsaturated/α-hetero) is 1. The molecule has 0 amide bonds. The minimum atomic E-state index is -0.913. The van der Waals surface area contributed by atoms with E-state index in [0.29, 0.717) is 11.3 Å². The van der Waals surface area contributed by atoms with Crippen molar-refractivity contribution in [3.63, 3.8) is 0 Å². The van der Waals surface area contributed by atoms with Gasteiger partial charge in [-0.1, -0.05) is 30.3 Å². The molecule has 2 aromatic carbocycles. The minimum absolute atomic E-state index is 0.0192. The number of hydrogen-bond donors (Lipinski definition) is 2. The standard InChI is InChI=1S/C17H13N5O2/c18-16-20-15(14-13(23)11-8-4-5-9-12(11)24-14)21-17(22-16)19-10-6-2-1-3-7-10/h1-9,14H,(H3,18,19,20,21,22)/t14-/m0/s1. The number of ether oxygens (including phenoxy) is 1. The molecule has 3 N–H and O–H groups in total. The number of aromatic nitrogens is 3. The van der Waals surface area contributed by atoms with Crippen molar-refractivity contribution < 1.29 is 9.53 Å². The second-order valence-corrected chi connectivity index (χ2v) is 5.22. The predicted molar refractivity (Wildman–Crippen MR) is 88.1 cm³/mol. The first-order valence-electron chi connectivity index (χ1n) is 7.34. The van der Waals surface area contributed by atoms with Gasteiger partial charge in [0.25, 0.3) is 0 Å². The molecule has 0 radical (unpaired) electrons. The molecule has 3 aromatic rings. The molecule has 0 bridgehead atoms. The highest BCUT2D eigenvalue weighted by Crippen LogP contribution is 2.35. The van der Waals surface area contributed by atoms with Crippen LogP contribution in [-0.2, 0) is 0 Å². The Labute approximate surface area is 137 Å². The summed E-state index contributed by atoms with van der Waals surface area (Å²) in [5.41, 5.74) is 7.08. The van der Waals surface area contributed by atoms with E-state index in [1.807, 2.05) is 30.3 Å². The van der Waals surface area contributed by atoms with Crippen LogP contribution >= 0.6 is 0 Å². The van der Waals surface area contributed by atoms with Crippen LogP contribution in [-0.4, -0.2) is 20.7 Å². The maximum Gasteiger partial charge on any atom is 0.232 e. The first kappa shape index (κ1) is 14.1. The Bertz CT molecular complexity index is 914. The van der Waals surface area contributed by atoms with Crippen LogP contribution in [0.15, 0.2) is 54.6 Å². The molecule has 1 aliphatic rings. The summed E-state index contributed by atoms with van der Waals surface area (Å²) in [6.07, 6.45) is -0.913. The molecular formula is C17H13N5O2. The van der Waals surface area contributed by atoms with Gasteiger partial charge < -0.3 is 15.8 Å². The summed E-state index contributed by atoms with van der Waals surface area (Å²) in [7, 11) is 0. The van der Waals surface area contributed by atoms with Crippen LogP contribution in [0.1, 0.15) is 22.3 Å². The topological polar surface area (TPSA) is 103 Å². The number of fused-ring (bicyclic) bond motifs is 1. The van der Waals surface area contributed by atoms with E-state index >= 15 is 0 Å². The van der Waals surface area contributed by atoms with Gasteiger partial charge >= 0.3 is 0 Å². The van der Waals surface area contributed by atoms with Crippen LogP contribution in [0.2, 0.25) is 0 Å². The van der Waals surface area contributed by atoms with E-state index in [2.05, 4.69) is 20.3 Å². The number of rotatable bonds is 3. The summed E-state index contributed by atoms with van der Waals surface area (Å²) >= 11 is 0. The molecule has 0 fully saturated rings. The van der Waals surface area contributed by atoms with E-state index in [1.165, 1.54) is 0 Å². The number of hydrogen-bond acceptors (Lipinski definition) is 7. The number of nitrogens with zero attached hydrogens (tertiary/aromatic N) is 3. The lowest BCUT2D eigenvalue weighted by molar-refractivity contribution is 0.0847. The van der Waals surface area contributed by atoms with Gasteiger partial charge in [-0.3, -0.25) is 4.79 Å². The summed E-state index contributed by atoms with van der Waals surface area (Å²) in [6.45, 7) is 0. The summed E-state index contributed by atoms with van der Waals surface area (Å²) in [4.78, 5) is 24.9. The Kier molecular flexibility index (Phi) is 3.31. The predicted octanol–water partition coefficient (Wildman–Crippen LogP) is 2.51. The molecule has 1 aliphatic heterocycles. The van der Waals surface area contributed by atoms with E-state index in [4.69, 9.17) is 10.5 Å². The number of anilines is 3. The van der Waals surface area contributed by atoms with Crippen molar-refractivity contribution in [2.45, 2.75) is 6.10 Å². The molecule has 118 valence electrons. The van der Waals surface area contributed by atoms with Gasteiger partial charge in [0, 0.05) is 5.69 Å².